The van der Waals surface area contributed by atoms with E-state index in [2.05, 4.69) is 6.92 Å². The molecule has 1 amide bonds. The third kappa shape index (κ3) is 4.97. The van der Waals surface area contributed by atoms with Crippen LogP contribution < -0.4 is 5.73 Å². The number of carbonyl (C=O) groups excluding carboxylic acids is 1. The van der Waals surface area contributed by atoms with Gasteiger partial charge in [0, 0.05) is 25.6 Å². The van der Waals surface area contributed by atoms with Gasteiger partial charge < -0.3 is 10.6 Å². The molecule has 1 aliphatic heterocycles. The molecule has 1 aliphatic rings. The highest BCUT2D eigenvalue weighted by molar-refractivity contribution is 5.76. The molecule has 94 valence electrons. The highest BCUT2D eigenvalue weighted by atomic mass is 16.2. The van der Waals surface area contributed by atoms with E-state index < -0.39 is 0 Å². The zero-order valence-corrected chi connectivity index (χ0v) is 10.6. The fourth-order valence-corrected chi connectivity index (χ4v) is 2.32. The van der Waals surface area contributed by atoms with Crippen molar-refractivity contribution in [1.29, 1.82) is 0 Å². The van der Waals surface area contributed by atoms with E-state index in [0.717, 1.165) is 38.8 Å². The minimum Gasteiger partial charge on any atom is -0.343 e. The quantitative estimate of drug-likeness (QED) is 0.799. The van der Waals surface area contributed by atoms with Crippen molar-refractivity contribution >= 4 is 5.91 Å². The molecular weight excluding hydrogens is 200 g/mol. The number of nitrogens with two attached hydrogens (primary N) is 1. The molecule has 1 unspecified atom stereocenters. The van der Waals surface area contributed by atoms with Crippen molar-refractivity contribution in [2.24, 2.45) is 5.73 Å². The highest BCUT2D eigenvalue weighted by Gasteiger charge is 2.16. The SMILES string of the molecule is CCCC(N)CC(=O)N1CCCCCCC1. The number of amides is 1. The third-order valence-electron chi connectivity index (χ3n) is 3.31. The molecule has 1 rings (SSSR count). The van der Waals surface area contributed by atoms with Crippen LogP contribution in [0.4, 0.5) is 0 Å². The van der Waals surface area contributed by atoms with Gasteiger partial charge in [0.05, 0.1) is 0 Å². The lowest BCUT2D eigenvalue weighted by Crippen LogP contribution is -2.37. The summed E-state index contributed by atoms with van der Waals surface area (Å²) in [7, 11) is 0. The van der Waals surface area contributed by atoms with Gasteiger partial charge in [0.1, 0.15) is 0 Å². The molecule has 1 fully saturated rings. The van der Waals surface area contributed by atoms with Crippen molar-refractivity contribution in [3.8, 4) is 0 Å². The van der Waals surface area contributed by atoms with Crippen molar-refractivity contribution in [2.45, 2.75) is 64.3 Å². The Kier molecular flexibility index (Phi) is 6.46. The van der Waals surface area contributed by atoms with Crippen LogP contribution in [0.1, 0.15) is 58.3 Å². The smallest absolute Gasteiger partial charge is 0.224 e. The second-order valence-corrected chi connectivity index (χ2v) is 4.90. The van der Waals surface area contributed by atoms with Crippen molar-refractivity contribution in [3.05, 3.63) is 0 Å². The Balaban J connectivity index is 2.32. The Morgan fingerprint density at radius 1 is 1.19 bits per heavy atom. The summed E-state index contributed by atoms with van der Waals surface area (Å²) in [4.78, 5) is 14.0. The maximum Gasteiger partial charge on any atom is 0.224 e. The number of likely N-dealkylation sites (tertiary alicyclic amines) is 1. The first-order chi connectivity index (χ1) is 7.74. The molecule has 2 N–H and O–H groups in total. The molecule has 0 aliphatic carbocycles. The van der Waals surface area contributed by atoms with Crippen LogP contribution in [0.15, 0.2) is 0 Å². The molecule has 1 saturated heterocycles. The topological polar surface area (TPSA) is 46.3 Å². The number of carbonyl (C=O) groups is 1. The van der Waals surface area contributed by atoms with E-state index in [9.17, 15) is 4.79 Å². The zero-order valence-electron chi connectivity index (χ0n) is 10.6. The Bertz CT molecular complexity index is 198. The average molecular weight is 226 g/mol. The molecule has 0 aromatic carbocycles. The van der Waals surface area contributed by atoms with Gasteiger partial charge in [0.15, 0.2) is 0 Å². The number of hydrogen-bond donors (Lipinski definition) is 1. The molecule has 1 atom stereocenters. The van der Waals surface area contributed by atoms with Crippen LogP contribution in [-0.4, -0.2) is 29.9 Å². The minimum absolute atomic E-state index is 0.0583. The maximum atomic E-state index is 12.0. The number of rotatable bonds is 4. The van der Waals surface area contributed by atoms with Crippen LogP contribution in [0.3, 0.4) is 0 Å². The van der Waals surface area contributed by atoms with Gasteiger partial charge in [-0.05, 0) is 19.3 Å². The average Bonchev–Trinajstić information content (AvgIpc) is 2.16. The molecule has 1 heterocycles. The first-order valence-corrected chi connectivity index (χ1v) is 6.77. The van der Waals surface area contributed by atoms with Gasteiger partial charge in [0.2, 0.25) is 5.91 Å². The van der Waals surface area contributed by atoms with E-state index in [1.807, 2.05) is 4.90 Å². The Morgan fingerprint density at radius 2 is 1.75 bits per heavy atom. The summed E-state index contributed by atoms with van der Waals surface area (Å²) in [5.74, 6) is 0.267. The van der Waals surface area contributed by atoms with Crippen LogP contribution in [-0.2, 0) is 4.79 Å². The molecule has 0 spiro atoms. The van der Waals surface area contributed by atoms with Crippen LogP contribution in [0.5, 0.6) is 0 Å². The fraction of sp³-hybridized carbons (Fsp3) is 0.923. The van der Waals surface area contributed by atoms with E-state index in [4.69, 9.17) is 5.73 Å². The molecule has 3 heteroatoms. The molecular formula is C13H26N2O. The Labute approximate surface area is 99.4 Å². The van der Waals surface area contributed by atoms with Crippen LogP contribution >= 0.6 is 0 Å². The van der Waals surface area contributed by atoms with Gasteiger partial charge in [-0.25, -0.2) is 0 Å². The van der Waals surface area contributed by atoms with Crippen molar-refractivity contribution < 1.29 is 4.79 Å². The Hall–Kier alpha value is -0.570. The fourth-order valence-electron chi connectivity index (χ4n) is 2.32. The molecule has 16 heavy (non-hydrogen) atoms. The van der Waals surface area contributed by atoms with Crippen LogP contribution in [0, 0.1) is 0 Å². The first kappa shape index (κ1) is 13.5. The predicted molar refractivity (Wildman–Crippen MR) is 67.2 cm³/mol. The van der Waals surface area contributed by atoms with E-state index in [-0.39, 0.29) is 11.9 Å². The van der Waals surface area contributed by atoms with Crippen LogP contribution in [0.2, 0.25) is 0 Å². The molecule has 0 aromatic heterocycles. The monoisotopic (exact) mass is 226 g/mol. The summed E-state index contributed by atoms with van der Waals surface area (Å²) >= 11 is 0. The van der Waals surface area contributed by atoms with E-state index >= 15 is 0 Å². The van der Waals surface area contributed by atoms with Crippen LogP contribution in [0.25, 0.3) is 0 Å². The summed E-state index contributed by atoms with van der Waals surface area (Å²) in [5, 5.41) is 0. The van der Waals surface area contributed by atoms with Crippen molar-refractivity contribution in [1.82, 2.24) is 4.90 Å². The van der Waals surface area contributed by atoms with Gasteiger partial charge in [0.25, 0.3) is 0 Å². The predicted octanol–water partition coefficient (Wildman–Crippen LogP) is 2.30. The normalized spacial score (nSPS) is 20.0. The molecule has 3 nitrogen and oxygen atoms in total. The van der Waals surface area contributed by atoms with Gasteiger partial charge in [-0.2, -0.15) is 0 Å². The number of nitrogens with zero attached hydrogens (tertiary/aromatic N) is 1. The lowest BCUT2D eigenvalue weighted by Gasteiger charge is -2.26. The standard InChI is InChI=1S/C13H26N2O/c1-2-8-12(14)11-13(16)15-9-6-4-3-5-7-10-15/h12H,2-11,14H2,1H3. The molecule has 0 saturated carbocycles. The van der Waals surface area contributed by atoms with E-state index in [1.54, 1.807) is 0 Å². The third-order valence-corrected chi connectivity index (χ3v) is 3.31. The Morgan fingerprint density at radius 3 is 2.31 bits per heavy atom. The molecule has 0 radical (unpaired) electrons. The minimum atomic E-state index is 0.0583. The summed E-state index contributed by atoms with van der Waals surface area (Å²) in [5.41, 5.74) is 5.91. The van der Waals surface area contributed by atoms with Gasteiger partial charge in [-0.3, -0.25) is 4.79 Å². The van der Waals surface area contributed by atoms with Gasteiger partial charge in [-0.1, -0.05) is 32.6 Å². The molecule has 0 aromatic rings. The zero-order chi connectivity index (χ0) is 11.8. The first-order valence-electron chi connectivity index (χ1n) is 6.77. The second kappa shape index (κ2) is 7.66. The maximum absolute atomic E-state index is 12.0. The van der Waals surface area contributed by atoms with Gasteiger partial charge in [-0.15, -0.1) is 0 Å². The summed E-state index contributed by atoms with van der Waals surface area (Å²) in [6, 6.07) is 0.0583. The van der Waals surface area contributed by atoms with Gasteiger partial charge >= 0.3 is 0 Å². The summed E-state index contributed by atoms with van der Waals surface area (Å²) in [6.07, 6.45) is 8.75. The van der Waals surface area contributed by atoms with E-state index in [0.29, 0.717) is 6.42 Å². The molecule has 0 bridgehead atoms. The summed E-state index contributed by atoms with van der Waals surface area (Å²) < 4.78 is 0. The van der Waals surface area contributed by atoms with Crippen molar-refractivity contribution in [3.63, 3.8) is 0 Å². The van der Waals surface area contributed by atoms with Crippen molar-refractivity contribution in [2.75, 3.05) is 13.1 Å². The van der Waals surface area contributed by atoms with E-state index in [1.165, 1.54) is 19.3 Å². The highest BCUT2D eigenvalue weighted by Crippen LogP contribution is 2.12. The summed E-state index contributed by atoms with van der Waals surface area (Å²) in [6.45, 7) is 4.00. The largest absolute Gasteiger partial charge is 0.343 e. The lowest BCUT2D eigenvalue weighted by atomic mass is 10.1. The second-order valence-electron chi connectivity index (χ2n) is 4.90. The lowest BCUT2D eigenvalue weighted by molar-refractivity contribution is -0.131. The number of hydrogen-bond acceptors (Lipinski definition) is 2.